The molecule has 2 rings (SSSR count). The van der Waals surface area contributed by atoms with Gasteiger partial charge in [-0.3, -0.25) is 9.48 Å². The van der Waals surface area contributed by atoms with Gasteiger partial charge in [-0.25, -0.2) is 4.39 Å². The number of hydrogen-bond donors (Lipinski definition) is 2. The van der Waals surface area contributed by atoms with Crippen molar-refractivity contribution >= 4 is 11.7 Å². The van der Waals surface area contributed by atoms with E-state index in [1.807, 2.05) is 0 Å². The summed E-state index contributed by atoms with van der Waals surface area (Å²) in [4.78, 5) is 11.6. The fourth-order valence-electron chi connectivity index (χ4n) is 1.60. The average Bonchev–Trinajstić information content (AvgIpc) is 2.77. The van der Waals surface area contributed by atoms with Crippen molar-refractivity contribution < 1.29 is 9.18 Å². The fourth-order valence-corrected chi connectivity index (χ4v) is 1.60. The SMILES string of the molecule is Cn1nccc1NC(=O)[C@H]1C[C@H](F)CN1. The van der Waals surface area contributed by atoms with Gasteiger partial charge in [-0.1, -0.05) is 0 Å². The first-order chi connectivity index (χ1) is 7.16. The molecule has 0 aromatic carbocycles. The number of nitrogens with one attached hydrogen (secondary N) is 2. The predicted octanol–water partition coefficient (Wildman–Crippen LogP) is 0.0586. The predicted molar refractivity (Wildman–Crippen MR) is 53.1 cm³/mol. The highest BCUT2D eigenvalue weighted by atomic mass is 19.1. The van der Waals surface area contributed by atoms with E-state index in [2.05, 4.69) is 15.7 Å². The molecule has 15 heavy (non-hydrogen) atoms. The number of alkyl halides is 1. The summed E-state index contributed by atoms with van der Waals surface area (Å²) in [6.07, 6.45) is 0.909. The number of halogens is 1. The van der Waals surface area contributed by atoms with Gasteiger partial charge in [0.05, 0.1) is 12.2 Å². The van der Waals surface area contributed by atoms with Crippen molar-refractivity contribution in [3.05, 3.63) is 12.3 Å². The molecule has 6 heteroatoms. The number of aryl methyl sites for hydroxylation is 1. The topological polar surface area (TPSA) is 59.0 Å². The van der Waals surface area contributed by atoms with Crippen LogP contribution in [0.15, 0.2) is 12.3 Å². The van der Waals surface area contributed by atoms with E-state index in [1.165, 1.54) is 0 Å². The Hall–Kier alpha value is -1.43. The first-order valence-corrected chi connectivity index (χ1v) is 4.83. The molecule has 1 aromatic heterocycles. The minimum Gasteiger partial charge on any atom is -0.310 e. The third-order valence-electron chi connectivity index (χ3n) is 2.47. The maximum absolute atomic E-state index is 12.8. The third kappa shape index (κ3) is 2.15. The molecule has 1 saturated heterocycles. The Morgan fingerprint density at radius 2 is 2.60 bits per heavy atom. The molecule has 2 heterocycles. The number of amides is 1. The molecule has 2 atom stereocenters. The van der Waals surface area contributed by atoms with Gasteiger partial charge in [0.25, 0.3) is 0 Å². The summed E-state index contributed by atoms with van der Waals surface area (Å²) < 4.78 is 14.4. The first kappa shape index (κ1) is 10.1. The lowest BCUT2D eigenvalue weighted by Gasteiger charge is -2.10. The van der Waals surface area contributed by atoms with Crippen molar-refractivity contribution in [1.82, 2.24) is 15.1 Å². The van der Waals surface area contributed by atoms with Crippen molar-refractivity contribution in [3.63, 3.8) is 0 Å². The minimum absolute atomic E-state index is 0.209. The van der Waals surface area contributed by atoms with Crippen LogP contribution in [-0.2, 0) is 11.8 Å². The number of aromatic nitrogens is 2. The smallest absolute Gasteiger partial charge is 0.242 e. The molecule has 0 bridgehead atoms. The van der Waals surface area contributed by atoms with Gasteiger partial charge in [-0.05, 0) is 0 Å². The second-order valence-electron chi connectivity index (χ2n) is 3.62. The van der Waals surface area contributed by atoms with E-state index in [0.29, 0.717) is 5.82 Å². The molecule has 1 amide bonds. The molecule has 1 aliphatic heterocycles. The first-order valence-electron chi connectivity index (χ1n) is 4.83. The summed E-state index contributed by atoms with van der Waals surface area (Å²) >= 11 is 0. The molecular formula is C9H13FN4O. The number of hydrogen-bond acceptors (Lipinski definition) is 3. The second-order valence-corrected chi connectivity index (χ2v) is 3.62. The molecule has 0 saturated carbocycles. The van der Waals surface area contributed by atoms with E-state index in [0.717, 1.165) is 0 Å². The molecule has 2 N–H and O–H groups in total. The lowest BCUT2D eigenvalue weighted by Crippen LogP contribution is -2.35. The van der Waals surface area contributed by atoms with Crippen molar-refractivity contribution in [2.24, 2.45) is 7.05 Å². The number of carbonyl (C=O) groups excluding carboxylic acids is 1. The minimum atomic E-state index is -0.924. The third-order valence-corrected chi connectivity index (χ3v) is 2.47. The van der Waals surface area contributed by atoms with E-state index in [1.54, 1.807) is 24.0 Å². The Morgan fingerprint density at radius 3 is 3.13 bits per heavy atom. The summed E-state index contributed by atoms with van der Waals surface area (Å²) in [5.41, 5.74) is 0. The van der Waals surface area contributed by atoms with Crippen molar-refractivity contribution in [2.75, 3.05) is 11.9 Å². The van der Waals surface area contributed by atoms with Gasteiger partial charge in [-0.15, -0.1) is 0 Å². The maximum atomic E-state index is 12.8. The number of carbonyl (C=O) groups is 1. The van der Waals surface area contributed by atoms with Crippen LogP contribution in [0.2, 0.25) is 0 Å². The fraction of sp³-hybridized carbons (Fsp3) is 0.556. The Morgan fingerprint density at radius 1 is 1.80 bits per heavy atom. The zero-order chi connectivity index (χ0) is 10.8. The van der Waals surface area contributed by atoms with Crippen molar-refractivity contribution in [2.45, 2.75) is 18.6 Å². The van der Waals surface area contributed by atoms with Crippen LogP contribution in [0.4, 0.5) is 10.2 Å². The summed E-state index contributed by atoms with van der Waals surface area (Å²) in [6, 6.07) is 1.26. The van der Waals surface area contributed by atoms with Crippen LogP contribution in [0.5, 0.6) is 0 Å². The van der Waals surface area contributed by atoms with Crippen LogP contribution >= 0.6 is 0 Å². The lowest BCUT2D eigenvalue weighted by molar-refractivity contribution is -0.117. The molecule has 1 fully saturated rings. The van der Waals surface area contributed by atoms with Gasteiger partial charge < -0.3 is 10.6 Å². The van der Waals surface area contributed by atoms with Crippen LogP contribution in [0.1, 0.15) is 6.42 Å². The summed E-state index contributed by atoms with van der Waals surface area (Å²) in [5, 5.41) is 9.43. The Balaban J connectivity index is 1.95. The van der Waals surface area contributed by atoms with Crippen molar-refractivity contribution in [3.8, 4) is 0 Å². The normalized spacial score (nSPS) is 25.5. The van der Waals surface area contributed by atoms with Gasteiger partial charge in [0, 0.05) is 26.1 Å². The standard InChI is InChI=1S/C9H13FN4O/c1-14-8(2-3-12-14)13-9(15)7-4-6(10)5-11-7/h2-3,6-7,11H,4-5H2,1H3,(H,13,15)/t6-,7+/m0/s1. The van der Waals surface area contributed by atoms with Crippen LogP contribution in [0, 0.1) is 0 Å². The molecule has 5 nitrogen and oxygen atoms in total. The van der Waals surface area contributed by atoms with Crippen LogP contribution in [0.25, 0.3) is 0 Å². The quantitative estimate of drug-likeness (QED) is 0.728. The van der Waals surface area contributed by atoms with E-state index in [9.17, 15) is 9.18 Å². The summed E-state index contributed by atoms with van der Waals surface area (Å²) in [6.45, 7) is 0.253. The lowest BCUT2D eigenvalue weighted by atomic mass is 10.2. The highest BCUT2D eigenvalue weighted by Gasteiger charge is 2.29. The summed E-state index contributed by atoms with van der Waals surface area (Å²) in [7, 11) is 1.73. The number of nitrogens with zero attached hydrogens (tertiary/aromatic N) is 2. The Kier molecular flexibility index (Phi) is 2.68. The average molecular weight is 212 g/mol. The van der Waals surface area contributed by atoms with Gasteiger partial charge in [0.1, 0.15) is 12.0 Å². The van der Waals surface area contributed by atoms with Gasteiger partial charge >= 0.3 is 0 Å². The van der Waals surface area contributed by atoms with Gasteiger partial charge in [-0.2, -0.15) is 5.10 Å². The molecule has 1 aliphatic rings. The molecule has 1 aromatic rings. The van der Waals surface area contributed by atoms with E-state index >= 15 is 0 Å². The monoisotopic (exact) mass is 212 g/mol. The number of rotatable bonds is 2. The molecular weight excluding hydrogens is 199 g/mol. The molecule has 0 unspecified atom stereocenters. The van der Waals surface area contributed by atoms with E-state index in [4.69, 9.17) is 0 Å². The maximum Gasteiger partial charge on any atom is 0.242 e. The number of anilines is 1. The largest absolute Gasteiger partial charge is 0.310 e. The molecule has 0 spiro atoms. The Labute approximate surface area is 86.6 Å². The molecule has 0 aliphatic carbocycles. The van der Waals surface area contributed by atoms with E-state index < -0.39 is 12.2 Å². The summed E-state index contributed by atoms with van der Waals surface area (Å²) in [5.74, 6) is 0.405. The van der Waals surface area contributed by atoms with E-state index in [-0.39, 0.29) is 18.9 Å². The molecule has 0 radical (unpaired) electrons. The van der Waals surface area contributed by atoms with Crippen LogP contribution in [-0.4, -0.2) is 34.4 Å². The highest BCUT2D eigenvalue weighted by Crippen LogP contribution is 2.12. The van der Waals surface area contributed by atoms with Crippen LogP contribution < -0.4 is 10.6 Å². The van der Waals surface area contributed by atoms with Crippen LogP contribution in [0.3, 0.4) is 0 Å². The molecule has 82 valence electrons. The van der Waals surface area contributed by atoms with Gasteiger partial charge in [0.2, 0.25) is 5.91 Å². The highest BCUT2D eigenvalue weighted by molar-refractivity contribution is 5.94. The zero-order valence-corrected chi connectivity index (χ0v) is 8.40. The second kappa shape index (κ2) is 3.98. The Bertz CT molecular complexity index is 365. The van der Waals surface area contributed by atoms with Crippen molar-refractivity contribution in [1.29, 1.82) is 0 Å². The van der Waals surface area contributed by atoms with Gasteiger partial charge in [0.15, 0.2) is 0 Å². The zero-order valence-electron chi connectivity index (χ0n) is 8.40.